The van der Waals surface area contributed by atoms with Crippen molar-refractivity contribution in [2.75, 3.05) is 13.1 Å². The van der Waals surface area contributed by atoms with Gasteiger partial charge in [-0.15, -0.1) is 0 Å². The zero-order valence-electron chi connectivity index (χ0n) is 17.2. The van der Waals surface area contributed by atoms with E-state index in [9.17, 15) is 4.79 Å². The van der Waals surface area contributed by atoms with Gasteiger partial charge in [0.1, 0.15) is 6.10 Å². The van der Waals surface area contributed by atoms with Gasteiger partial charge in [0.05, 0.1) is 10.2 Å². The summed E-state index contributed by atoms with van der Waals surface area (Å²) >= 11 is 1.62. The molecule has 1 aromatic heterocycles. The van der Waals surface area contributed by atoms with Crippen LogP contribution in [-0.4, -0.2) is 35.0 Å². The fourth-order valence-electron chi connectivity index (χ4n) is 4.11. The molecule has 4 aromatic rings. The summed E-state index contributed by atoms with van der Waals surface area (Å²) in [4.78, 5) is 19.6. The lowest BCUT2D eigenvalue weighted by Gasteiger charge is -2.31. The predicted molar refractivity (Wildman–Crippen MR) is 123 cm³/mol. The first-order valence-electron chi connectivity index (χ1n) is 10.4. The van der Waals surface area contributed by atoms with Gasteiger partial charge < -0.3 is 9.64 Å². The molecule has 1 saturated heterocycles. The van der Waals surface area contributed by atoms with Crippen LogP contribution in [0.15, 0.2) is 54.6 Å². The first-order valence-corrected chi connectivity index (χ1v) is 11.2. The number of hydrogen-bond acceptors (Lipinski definition) is 4. The number of carbonyl (C=O) groups is 1. The summed E-state index contributed by atoms with van der Waals surface area (Å²) in [7, 11) is 0. The Hall–Kier alpha value is -2.92. The molecule has 5 heteroatoms. The van der Waals surface area contributed by atoms with E-state index in [-0.39, 0.29) is 12.0 Å². The lowest BCUT2D eigenvalue weighted by Crippen LogP contribution is -2.41. The third kappa shape index (κ3) is 3.54. The van der Waals surface area contributed by atoms with E-state index in [0.29, 0.717) is 13.1 Å². The number of aryl methyl sites for hydroxylation is 2. The molecule has 5 rings (SSSR count). The lowest BCUT2D eigenvalue weighted by molar-refractivity contribution is 0.0595. The van der Waals surface area contributed by atoms with Crippen molar-refractivity contribution in [3.05, 3.63) is 71.3 Å². The number of hydrogen-bond donors (Lipinski definition) is 0. The average Bonchev–Trinajstić information content (AvgIpc) is 3.21. The Morgan fingerprint density at radius 2 is 1.73 bits per heavy atom. The fourth-order valence-corrected chi connectivity index (χ4v) is 5.14. The summed E-state index contributed by atoms with van der Waals surface area (Å²) in [5.74, 6) is 0.102. The van der Waals surface area contributed by atoms with Crippen LogP contribution in [0.3, 0.4) is 0 Å². The Kier molecular flexibility index (Phi) is 4.91. The number of piperidine rings is 1. The van der Waals surface area contributed by atoms with Crippen molar-refractivity contribution >= 4 is 38.2 Å². The standard InChI is InChI=1S/C25H24N2O2S/c1-16-7-8-17(2)23-22(16)26-25(30-23)29-21-11-13-27(14-12-21)24(28)20-10-9-18-5-3-4-6-19(18)15-20/h3-10,15,21H,11-14H2,1-2H3. The third-order valence-corrected chi connectivity index (χ3v) is 7.00. The largest absolute Gasteiger partial charge is 0.467 e. The molecule has 0 N–H and O–H groups in total. The highest BCUT2D eigenvalue weighted by Crippen LogP contribution is 2.33. The van der Waals surface area contributed by atoms with Gasteiger partial charge in [-0.2, -0.15) is 0 Å². The van der Waals surface area contributed by atoms with Crippen LogP contribution in [0.5, 0.6) is 5.19 Å². The highest BCUT2D eigenvalue weighted by Gasteiger charge is 2.25. The Balaban J connectivity index is 1.25. The minimum absolute atomic E-state index is 0.102. The Morgan fingerprint density at radius 3 is 2.50 bits per heavy atom. The number of nitrogens with zero attached hydrogens (tertiary/aromatic N) is 2. The topological polar surface area (TPSA) is 42.4 Å². The molecule has 0 radical (unpaired) electrons. The molecule has 0 spiro atoms. The molecule has 0 atom stereocenters. The molecule has 1 aliphatic rings. The fraction of sp³-hybridized carbons (Fsp3) is 0.280. The molecule has 1 fully saturated rings. The molecule has 2 heterocycles. The van der Waals surface area contributed by atoms with Crippen LogP contribution < -0.4 is 4.74 Å². The maximum Gasteiger partial charge on any atom is 0.274 e. The monoisotopic (exact) mass is 416 g/mol. The van der Waals surface area contributed by atoms with Gasteiger partial charge >= 0.3 is 0 Å². The van der Waals surface area contributed by atoms with Crippen molar-refractivity contribution in [2.24, 2.45) is 0 Å². The van der Waals surface area contributed by atoms with Gasteiger partial charge in [-0.1, -0.05) is 53.8 Å². The Labute approximate surface area is 180 Å². The van der Waals surface area contributed by atoms with Crippen molar-refractivity contribution < 1.29 is 9.53 Å². The van der Waals surface area contributed by atoms with Crippen LogP contribution >= 0.6 is 11.3 Å². The van der Waals surface area contributed by atoms with E-state index in [1.807, 2.05) is 41.3 Å². The Morgan fingerprint density at radius 1 is 1.00 bits per heavy atom. The molecule has 0 bridgehead atoms. The van der Waals surface area contributed by atoms with Crippen LogP contribution in [0.2, 0.25) is 0 Å². The van der Waals surface area contributed by atoms with E-state index < -0.39 is 0 Å². The van der Waals surface area contributed by atoms with Crippen molar-refractivity contribution in [1.82, 2.24) is 9.88 Å². The van der Waals surface area contributed by atoms with Crippen LogP contribution in [-0.2, 0) is 0 Å². The first-order chi connectivity index (χ1) is 14.6. The molecule has 3 aromatic carbocycles. The first kappa shape index (κ1) is 19.1. The third-order valence-electron chi connectivity index (χ3n) is 5.92. The number of likely N-dealkylation sites (tertiary alicyclic amines) is 1. The van der Waals surface area contributed by atoms with Gasteiger partial charge in [0.15, 0.2) is 0 Å². The maximum absolute atomic E-state index is 13.0. The Bertz CT molecular complexity index is 1200. The smallest absolute Gasteiger partial charge is 0.274 e. The zero-order valence-corrected chi connectivity index (χ0v) is 18.0. The molecular formula is C25H24N2O2S. The van der Waals surface area contributed by atoms with Gasteiger partial charge in [0.25, 0.3) is 11.1 Å². The molecule has 0 saturated carbocycles. The summed E-state index contributed by atoms with van der Waals surface area (Å²) in [5, 5.41) is 2.99. The van der Waals surface area contributed by atoms with E-state index in [0.717, 1.165) is 39.9 Å². The second-order valence-electron chi connectivity index (χ2n) is 8.03. The van der Waals surface area contributed by atoms with E-state index in [1.165, 1.54) is 15.8 Å². The molecule has 4 nitrogen and oxygen atoms in total. The molecule has 152 valence electrons. The number of fused-ring (bicyclic) bond motifs is 2. The lowest BCUT2D eigenvalue weighted by atomic mass is 10.0. The minimum atomic E-state index is 0.102. The van der Waals surface area contributed by atoms with E-state index in [4.69, 9.17) is 9.72 Å². The number of aromatic nitrogens is 1. The van der Waals surface area contributed by atoms with Crippen LogP contribution in [0.4, 0.5) is 0 Å². The van der Waals surface area contributed by atoms with Gasteiger partial charge in [0.2, 0.25) is 0 Å². The molecule has 1 aliphatic heterocycles. The van der Waals surface area contributed by atoms with Crippen LogP contribution in [0.1, 0.15) is 34.3 Å². The van der Waals surface area contributed by atoms with E-state index in [2.05, 4.69) is 32.0 Å². The second-order valence-corrected chi connectivity index (χ2v) is 8.99. The molecule has 0 unspecified atom stereocenters. The molecule has 30 heavy (non-hydrogen) atoms. The van der Waals surface area contributed by atoms with Crippen LogP contribution in [0, 0.1) is 13.8 Å². The summed E-state index contributed by atoms with van der Waals surface area (Å²) in [5.41, 5.74) is 4.21. The maximum atomic E-state index is 13.0. The van der Waals surface area contributed by atoms with Gasteiger partial charge in [-0.25, -0.2) is 4.98 Å². The number of amides is 1. The summed E-state index contributed by atoms with van der Waals surface area (Å²) in [6, 6.07) is 18.3. The second kappa shape index (κ2) is 7.73. The summed E-state index contributed by atoms with van der Waals surface area (Å²) in [6.45, 7) is 5.61. The zero-order chi connectivity index (χ0) is 20.7. The highest BCUT2D eigenvalue weighted by molar-refractivity contribution is 7.20. The highest BCUT2D eigenvalue weighted by atomic mass is 32.1. The number of benzene rings is 3. The van der Waals surface area contributed by atoms with Crippen molar-refractivity contribution in [1.29, 1.82) is 0 Å². The minimum Gasteiger partial charge on any atom is -0.467 e. The summed E-state index contributed by atoms with van der Waals surface area (Å²) in [6.07, 6.45) is 1.76. The molecule has 1 amide bonds. The SMILES string of the molecule is Cc1ccc(C)c2sc(OC3CCN(C(=O)c4ccc5ccccc5c4)CC3)nc12. The van der Waals surface area contributed by atoms with Gasteiger partial charge in [-0.05, 0) is 47.9 Å². The number of ether oxygens (including phenoxy) is 1. The van der Waals surface area contributed by atoms with Crippen LogP contribution in [0.25, 0.3) is 21.0 Å². The number of carbonyl (C=O) groups excluding carboxylic acids is 1. The quantitative estimate of drug-likeness (QED) is 0.427. The number of rotatable bonds is 3. The van der Waals surface area contributed by atoms with Crippen molar-refractivity contribution in [3.63, 3.8) is 0 Å². The van der Waals surface area contributed by atoms with E-state index in [1.54, 1.807) is 11.3 Å². The van der Waals surface area contributed by atoms with Crippen molar-refractivity contribution in [3.8, 4) is 5.19 Å². The van der Waals surface area contributed by atoms with Crippen molar-refractivity contribution in [2.45, 2.75) is 32.8 Å². The summed E-state index contributed by atoms with van der Waals surface area (Å²) < 4.78 is 7.41. The van der Waals surface area contributed by atoms with E-state index >= 15 is 0 Å². The predicted octanol–water partition coefficient (Wildman–Crippen LogP) is 5.75. The molecule has 0 aliphatic carbocycles. The average molecular weight is 417 g/mol. The normalized spacial score (nSPS) is 15.1. The molecular weight excluding hydrogens is 392 g/mol. The van der Waals surface area contributed by atoms with Gasteiger partial charge in [0, 0.05) is 31.5 Å². The number of thiazole rings is 1. The van der Waals surface area contributed by atoms with Gasteiger partial charge in [-0.3, -0.25) is 4.79 Å².